The van der Waals surface area contributed by atoms with Crippen molar-refractivity contribution < 1.29 is 38.0 Å². The molecular formula is C29H37N5O8. The molecule has 2 aromatic heterocycles. The number of benzene rings is 1. The van der Waals surface area contributed by atoms with Crippen LogP contribution in [-0.2, 0) is 35.1 Å². The lowest BCUT2D eigenvalue weighted by molar-refractivity contribution is -0.202. The molecule has 13 nitrogen and oxygen atoms in total. The lowest BCUT2D eigenvalue weighted by atomic mass is 10.1. The zero-order valence-corrected chi connectivity index (χ0v) is 24.5. The number of aromatic nitrogens is 4. The molecule has 2 aliphatic rings. The minimum absolute atomic E-state index is 0.0599. The normalized spacial score (nSPS) is 22.6. The van der Waals surface area contributed by atoms with Gasteiger partial charge in [-0.15, -0.1) is 0 Å². The molecule has 4 heterocycles. The molecule has 0 saturated carbocycles. The molecule has 42 heavy (non-hydrogen) atoms. The molecule has 1 aromatic carbocycles. The monoisotopic (exact) mass is 583 g/mol. The van der Waals surface area contributed by atoms with E-state index in [1.807, 2.05) is 33.8 Å². The van der Waals surface area contributed by atoms with Crippen molar-refractivity contribution in [2.75, 3.05) is 19.0 Å². The van der Waals surface area contributed by atoms with E-state index >= 15 is 0 Å². The first-order valence-corrected chi connectivity index (χ1v) is 14.2. The average Bonchev–Trinajstić information content (AvgIpc) is 3.62. The first-order chi connectivity index (χ1) is 20.2. The van der Waals surface area contributed by atoms with Crippen LogP contribution in [0, 0.1) is 0 Å². The summed E-state index contributed by atoms with van der Waals surface area (Å²) in [6.45, 7) is 7.99. The van der Waals surface area contributed by atoms with Gasteiger partial charge in [-0.1, -0.05) is 19.9 Å². The Hall–Kier alpha value is -3.81. The van der Waals surface area contributed by atoms with E-state index in [0.29, 0.717) is 60.7 Å². The number of imidazole rings is 1. The second-order valence-corrected chi connectivity index (χ2v) is 10.7. The minimum atomic E-state index is -0.827. The molecule has 1 unspecified atom stereocenters. The summed E-state index contributed by atoms with van der Waals surface area (Å²) in [5, 5.41) is 3.31. The van der Waals surface area contributed by atoms with Gasteiger partial charge in [-0.05, 0) is 44.4 Å². The molecule has 0 radical (unpaired) electrons. The molecule has 226 valence electrons. The van der Waals surface area contributed by atoms with Crippen LogP contribution < -0.4 is 14.8 Å². The number of ether oxygens (including phenoxy) is 6. The summed E-state index contributed by atoms with van der Waals surface area (Å²) in [4.78, 5) is 37.4. The van der Waals surface area contributed by atoms with E-state index < -0.39 is 30.3 Å². The number of hydrogen-bond donors (Lipinski definition) is 1. The number of nitrogens with one attached hydrogen (secondary N) is 1. The largest absolute Gasteiger partial charge is 0.493 e. The molecule has 1 N–H and O–H groups in total. The first kappa shape index (κ1) is 29.7. The molecule has 2 fully saturated rings. The Kier molecular flexibility index (Phi) is 8.90. The standard InChI is InChI=1S/C29H37N5O8/c1-6-8-21(35)38-14-20-24-25(42-29(3,4)41-24)28(40-20)34-16-33-23-26(31-15-32-27(23)34)30-13-17-10-11-18(19(12-17)37-5)39-22(36)9-7-2/h10-12,15-16,20,24-25,28H,6-9,13-14H2,1-5H3,(H,30,31,32)/t20-,24+,25?,28-/m1/s1. The number of fused-ring (bicyclic) bond motifs is 2. The fourth-order valence-electron chi connectivity index (χ4n) is 5.11. The van der Waals surface area contributed by atoms with Crippen molar-refractivity contribution in [3.05, 3.63) is 36.4 Å². The Morgan fingerprint density at radius 2 is 1.79 bits per heavy atom. The van der Waals surface area contributed by atoms with Gasteiger partial charge >= 0.3 is 11.9 Å². The first-order valence-electron chi connectivity index (χ1n) is 14.2. The molecule has 13 heteroatoms. The lowest BCUT2D eigenvalue weighted by Crippen LogP contribution is -2.33. The average molecular weight is 584 g/mol. The van der Waals surface area contributed by atoms with Gasteiger partial charge in [0.1, 0.15) is 31.2 Å². The highest BCUT2D eigenvalue weighted by Gasteiger charge is 2.56. The maximum absolute atomic E-state index is 12.0. The quantitative estimate of drug-likeness (QED) is 0.244. The van der Waals surface area contributed by atoms with Gasteiger partial charge in [-0.3, -0.25) is 14.2 Å². The zero-order chi connectivity index (χ0) is 29.9. The highest BCUT2D eigenvalue weighted by molar-refractivity contribution is 5.82. The third-order valence-corrected chi connectivity index (χ3v) is 6.99. The van der Waals surface area contributed by atoms with Crippen molar-refractivity contribution in [1.29, 1.82) is 0 Å². The van der Waals surface area contributed by atoms with E-state index in [1.54, 1.807) is 23.0 Å². The lowest BCUT2D eigenvalue weighted by Gasteiger charge is -2.24. The van der Waals surface area contributed by atoms with E-state index in [4.69, 9.17) is 28.4 Å². The smallest absolute Gasteiger partial charge is 0.311 e. The highest BCUT2D eigenvalue weighted by atomic mass is 16.8. The number of methoxy groups -OCH3 is 1. The second-order valence-electron chi connectivity index (χ2n) is 10.7. The summed E-state index contributed by atoms with van der Waals surface area (Å²) in [6, 6.07) is 5.36. The highest BCUT2D eigenvalue weighted by Crippen LogP contribution is 2.44. The van der Waals surface area contributed by atoms with Crippen LogP contribution in [0.4, 0.5) is 5.82 Å². The Labute approximate surface area is 243 Å². The van der Waals surface area contributed by atoms with Gasteiger partial charge in [0, 0.05) is 19.4 Å². The van der Waals surface area contributed by atoms with Crippen LogP contribution in [0.15, 0.2) is 30.9 Å². The predicted molar refractivity (Wildman–Crippen MR) is 150 cm³/mol. The third kappa shape index (κ3) is 6.32. The molecule has 0 aliphatic carbocycles. The van der Waals surface area contributed by atoms with Crippen LogP contribution >= 0.6 is 0 Å². The summed E-state index contributed by atoms with van der Waals surface area (Å²) in [5.41, 5.74) is 1.98. The van der Waals surface area contributed by atoms with Gasteiger partial charge in [0.15, 0.2) is 40.5 Å². The van der Waals surface area contributed by atoms with Crippen molar-refractivity contribution in [3.63, 3.8) is 0 Å². The van der Waals surface area contributed by atoms with Gasteiger partial charge in [-0.2, -0.15) is 0 Å². The molecule has 2 aliphatic heterocycles. The fraction of sp³-hybridized carbons (Fsp3) is 0.552. The number of nitrogens with zero attached hydrogens (tertiary/aromatic N) is 4. The van der Waals surface area contributed by atoms with Crippen molar-refractivity contribution >= 4 is 28.9 Å². The molecule has 0 spiro atoms. The van der Waals surface area contributed by atoms with Crippen LogP contribution in [-0.4, -0.2) is 69.3 Å². The maximum Gasteiger partial charge on any atom is 0.311 e. The summed E-state index contributed by atoms with van der Waals surface area (Å²) >= 11 is 0. The molecule has 2 saturated heterocycles. The molecule has 4 atom stereocenters. The van der Waals surface area contributed by atoms with Gasteiger partial charge < -0.3 is 33.7 Å². The summed E-state index contributed by atoms with van der Waals surface area (Å²) in [7, 11) is 1.53. The molecule has 0 amide bonds. The molecule has 3 aromatic rings. The summed E-state index contributed by atoms with van der Waals surface area (Å²) in [5.74, 6) is -0.0511. The van der Waals surface area contributed by atoms with E-state index in [-0.39, 0.29) is 18.5 Å². The fourth-order valence-corrected chi connectivity index (χ4v) is 5.11. The van der Waals surface area contributed by atoms with Crippen LogP contribution in [0.2, 0.25) is 0 Å². The number of hydrogen-bond acceptors (Lipinski definition) is 12. The number of anilines is 1. The Morgan fingerprint density at radius 3 is 2.55 bits per heavy atom. The number of carbonyl (C=O) groups is 2. The van der Waals surface area contributed by atoms with E-state index in [9.17, 15) is 9.59 Å². The Bertz CT molecular complexity index is 1430. The van der Waals surface area contributed by atoms with Crippen molar-refractivity contribution in [3.8, 4) is 11.5 Å². The topological polar surface area (TPSA) is 145 Å². The number of carbonyl (C=O) groups excluding carboxylic acids is 2. The van der Waals surface area contributed by atoms with E-state index in [2.05, 4.69) is 20.3 Å². The van der Waals surface area contributed by atoms with Crippen molar-refractivity contribution in [2.45, 2.75) is 90.2 Å². The Balaban J connectivity index is 1.32. The van der Waals surface area contributed by atoms with E-state index in [1.165, 1.54) is 13.4 Å². The molecule has 5 rings (SSSR count). The van der Waals surface area contributed by atoms with Crippen LogP contribution in [0.5, 0.6) is 11.5 Å². The van der Waals surface area contributed by atoms with Gasteiger partial charge in [0.2, 0.25) is 0 Å². The van der Waals surface area contributed by atoms with Crippen LogP contribution in [0.3, 0.4) is 0 Å². The third-order valence-electron chi connectivity index (χ3n) is 6.99. The molecule has 0 bridgehead atoms. The SMILES string of the molecule is CCCC(=O)OC[C@H]1O[C@@H](n2cnc3c(NCc4ccc(OC(=O)CCC)c(OC)c4)ncnc32)C2OC(C)(C)O[C@H]21. The van der Waals surface area contributed by atoms with Crippen molar-refractivity contribution in [1.82, 2.24) is 19.5 Å². The number of esters is 2. The van der Waals surface area contributed by atoms with Crippen LogP contribution in [0.25, 0.3) is 11.2 Å². The van der Waals surface area contributed by atoms with Crippen LogP contribution in [0.1, 0.15) is 65.2 Å². The van der Waals surface area contributed by atoms with E-state index in [0.717, 1.165) is 5.56 Å². The van der Waals surface area contributed by atoms with Crippen molar-refractivity contribution in [2.24, 2.45) is 0 Å². The second kappa shape index (κ2) is 12.6. The Morgan fingerprint density at radius 1 is 1.02 bits per heavy atom. The van der Waals surface area contributed by atoms with Gasteiger partial charge in [-0.25, -0.2) is 15.0 Å². The minimum Gasteiger partial charge on any atom is -0.493 e. The van der Waals surface area contributed by atoms with Gasteiger partial charge in [0.25, 0.3) is 0 Å². The number of rotatable bonds is 12. The summed E-state index contributed by atoms with van der Waals surface area (Å²) in [6.07, 6.45) is 3.15. The summed E-state index contributed by atoms with van der Waals surface area (Å²) < 4.78 is 36.8. The zero-order valence-electron chi connectivity index (χ0n) is 24.5. The molecular weight excluding hydrogens is 546 g/mol. The maximum atomic E-state index is 12.0. The van der Waals surface area contributed by atoms with Gasteiger partial charge in [0.05, 0.1) is 13.4 Å². The predicted octanol–water partition coefficient (Wildman–Crippen LogP) is 3.91.